The van der Waals surface area contributed by atoms with Gasteiger partial charge in [-0.2, -0.15) is 5.10 Å². The normalized spacial score (nSPS) is 17.8. The van der Waals surface area contributed by atoms with Crippen LogP contribution in [0.3, 0.4) is 0 Å². The third-order valence-electron chi connectivity index (χ3n) is 3.98. The molecule has 1 unspecified atom stereocenters. The van der Waals surface area contributed by atoms with Crippen LogP contribution in [-0.4, -0.2) is 9.78 Å². The molecule has 0 amide bonds. The molecule has 1 N–H and O–H groups in total. The molecule has 2 aromatic rings. The number of nitrogens with zero attached hydrogens (tertiary/aromatic N) is 2. The van der Waals surface area contributed by atoms with E-state index in [4.69, 9.17) is 11.6 Å². The van der Waals surface area contributed by atoms with Crippen molar-refractivity contribution in [2.24, 2.45) is 0 Å². The fraction of sp³-hybridized carbons (Fsp3) is 0.533. The number of halogens is 1. The maximum atomic E-state index is 6.13. The second-order valence-corrected chi connectivity index (χ2v) is 7.52. The summed E-state index contributed by atoms with van der Waals surface area (Å²) in [5.41, 5.74) is 4.84. The Kier molecular flexibility index (Phi) is 3.55. The highest BCUT2D eigenvalue weighted by Crippen LogP contribution is 2.41. The second-order valence-electron chi connectivity index (χ2n) is 5.75. The Balaban J connectivity index is 1.89. The Labute approximate surface area is 129 Å². The minimum Gasteiger partial charge on any atom is -0.375 e. The maximum absolute atomic E-state index is 6.13. The molecule has 1 aliphatic rings. The summed E-state index contributed by atoms with van der Waals surface area (Å²) in [6.45, 7) is 8.54. The van der Waals surface area contributed by atoms with Gasteiger partial charge >= 0.3 is 0 Å². The first-order valence-corrected chi connectivity index (χ1v) is 8.27. The molecule has 0 bridgehead atoms. The summed E-state index contributed by atoms with van der Waals surface area (Å²) in [7, 11) is 0. The van der Waals surface area contributed by atoms with Crippen molar-refractivity contribution in [1.29, 1.82) is 0 Å². The number of rotatable bonds is 3. The van der Waals surface area contributed by atoms with Crippen molar-refractivity contribution in [3.8, 4) is 0 Å². The molecule has 3 nitrogen and oxygen atoms in total. The number of hydrogen-bond donors (Lipinski definition) is 1. The van der Waals surface area contributed by atoms with E-state index >= 15 is 0 Å². The molecule has 0 spiro atoms. The number of aromatic nitrogens is 2. The average Bonchev–Trinajstić information content (AvgIpc) is 2.98. The lowest BCUT2D eigenvalue weighted by molar-refractivity contribution is 0.516. The van der Waals surface area contributed by atoms with Gasteiger partial charge in [0, 0.05) is 10.9 Å². The number of nitrogens with one attached hydrogen (secondary N) is 1. The lowest BCUT2D eigenvalue weighted by atomic mass is 10.1. The minimum atomic E-state index is 0.371. The molecule has 0 radical (unpaired) electrons. The standard InChI is InChI=1S/C15H20ClN3S/c1-8(2)19-10(4)15(9(3)18-19)17-12-5-6-13-11(12)7-14(16)20-13/h7-8,12,17H,5-6H2,1-4H3. The Morgan fingerprint density at radius 1 is 1.45 bits per heavy atom. The zero-order valence-corrected chi connectivity index (χ0v) is 13.9. The van der Waals surface area contributed by atoms with Gasteiger partial charge in [0.2, 0.25) is 0 Å². The van der Waals surface area contributed by atoms with E-state index in [1.807, 2.05) is 0 Å². The Morgan fingerprint density at radius 2 is 2.20 bits per heavy atom. The number of thiophene rings is 1. The monoisotopic (exact) mass is 309 g/mol. The molecule has 0 fully saturated rings. The van der Waals surface area contributed by atoms with Gasteiger partial charge in [0.25, 0.3) is 0 Å². The Morgan fingerprint density at radius 3 is 2.85 bits per heavy atom. The van der Waals surface area contributed by atoms with Crippen LogP contribution in [0.25, 0.3) is 0 Å². The van der Waals surface area contributed by atoms with E-state index in [9.17, 15) is 0 Å². The smallest absolute Gasteiger partial charge is 0.0934 e. The zero-order valence-electron chi connectivity index (χ0n) is 12.3. The van der Waals surface area contributed by atoms with Gasteiger partial charge in [-0.15, -0.1) is 11.3 Å². The molecule has 0 aliphatic heterocycles. The van der Waals surface area contributed by atoms with Crippen molar-refractivity contribution in [2.75, 3.05) is 5.32 Å². The van der Waals surface area contributed by atoms with Crippen molar-refractivity contribution < 1.29 is 0 Å². The first-order valence-electron chi connectivity index (χ1n) is 7.07. The van der Waals surface area contributed by atoms with Crippen LogP contribution < -0.4 is 5.32 Å². The van der Waals surface area contributed by atoms with Crippen molar-refractivity contribution in [1.82, 2.24) is 9.78 Å². The van der Waals surface area contributed by atoms with Gasteiger partial charge < -0.3 is 5.32 Å². The number of anilines is 1. The summed E-state index contributed by atoms with van der Waals surface area (Å²) >= 11 is 7.84. The summed E-state index contributed by atoms with van der Waals surface area (Å²) < 4.78 is 2.99. The third kappa shape index (κ3) is 2.25. The highest BCUT2D eigenvalue weighted by atomic mass is 35.5. The lowest BCUT2D eigenvalue weighted by Gasteiger charge is -2.15. The highest BCUT2D eigenvalue weighted by molar-refractivity contribution is 7.16. The predicted molar refractivity (Wildman–Crippen MR) is 86.1 cm³/mol. The first kappa shape index (κ1) is 14.0. The maximum Gasteiger partial charge on any atom is 0.0934 e. The molecule has 0 saturated carbocycles. The third-order valence-corrected chi connectivity index (χ3v) is 5.32. The minimum absolute atomic E-state index is 0.371. The average molecular weight is 310 g/mol. The molecule has 5 heteroatoms. The molecule has 0 aromatic carbocycles. The lowest BCUT2D eigenvalue weighted by Crippen LogP contribution is -2.09. The SMILES string of the molecule is Cc1nn(C(C)C)c(C)c1NC1CCc2sc(Cl)cc21. The van der Waals surface area contributed by atoms with E-state index in [0.717, 1.165) is 22.9 Å². The van der Waals surface area contributed by atoms with Gasteiger partial charge in [0.1, 0.15) is 0 Å². The molecule has 20 heavy (non-hydrogen) atoms. The summed E-state index contributed by atoms with van der Waals surface area (Å²) in [5.74, 6) is 0. The van der Waals surface area contributed by atoms with Gasteiger partial charge in [0.05, 0.1) is 27.5 Å². The molecule has 3 rings (SSSR count). The molecule has 108 valence electrons. The fourth-order valence-electron chi connectivity index (χ4n) is 3.03. The Hall–Kier alpha value is -1.00. The largest absolute Gasteiger partial charge is 0.375 e. The number of aryl methyl sites for hydroxylation is 2. The quantitative estimate of drug-likeness (QED) is 0.874. The first-order chi connectivity index (χ1) is 9.47. The van der Waals surface area contributed by atoms with Gasteiger partial charge in [-0.05, 0) is 52.2 Å². The van der Waals surface area contributed by atoms with Gasteiger partial charge in [-0.25, -0.2) is 0 Å². The van der Waals surface area contributed by atoms with Crippen LogP contribution in [0.5, 0.6) is 0 Å². The number of hydrogen-bond acceptors (Lipinski definition) is 3. The van der Waals surface area contributed by atoms with Crippen LogP contribution in [0.1, 0.15) is 54.2 Å². The van der Waals surface area contributed by atoms with E-state index in [1.165, 1.54) is 21.8 Å². The molecule has 1 aliphatic carbocycles. The van der Waals surface area contributed by atoms with E-state index in [-0.39, 0.29) is 0 Å². The van der Waals surface area contributed by atoms with E-state index in [2.05, 4.69) is 48.9 Å². The van der Waals surface area contributed by atoms with Crippen LogP contribution in [0.15, 0.2) is 6.07 Å². The summed E-state index contributed by atoms with van der Waals surface area (Å²) in [6, 6.07) is 2.87. The van der Waals surface area contributed by atoms with E-state index in [1.54, 1.807) is 11.3 Å². The molecule has 1 atom stereocenters. The molecule has 2 aromatic heterocycles. The summed E-state index contributed by atoms with van der Waals surface area (Å²) in [5, 5.41) is 8.33. The molecule has 2 heterocycles. The van der Waals surface area contributed by atoms with Crippen molar-refractivity contribution in [3.63, 3.8) is 0 Å². The van der Waals surface area contributed by atoms with Crippen LogP contribution in [0.2, 0.25) is 4.34 Å². The fourth-order valence-corrected chi connectivity index (χ4v) is 4.39. The van der Waals surface area contributed by atoms with Gasteiger partial charge in [-0.3, -0.25) is 4.68 Å². The predicted octanol–water partition coefficient (Wildman–Crippen LogP) is 4.90. The number of fused-ring (bicyclic) bond motifs is 1. The van der Waals surface area contributed by atoms with Gasteiger partial charge in [-0.1, -0.05) is 11.6 Å². The van der Waals surface area contributed by atoms with Gasteiger partial charge in [0.15, 0.2) is 0 Å². The van der Waals surface area contributed by atoms with Crippen LogP contribution >= 0.6 is 22.9 Å². The van der Waals surface area contributed by atoms with Crippen molar-refractivity contribution in [3.05, 3.63) is 32.2 Å². The van der Waals surface area contributed by atoms with Crippen LogP contribution in [0.4, 0.5) is 5.69 Å². The van der Waals surface area contributed by atoms with Crippen LogP contribution in [-0.2, 0) is 6.42 Å². The van der Waals surface area contributed by atoms with Crippen molar-refractivity contribution >= 4 is 28.6 Å². The molecular formula is C15H20ClN3S. The summed E-state index contributed by atoms with van der Waals surface area (Å²) in [4.78, 5) is 1.43. The second kappa shape index (κ2) is 5.08. The van der Waals surface area contributed by atoms with Crippen LogP contribution in [0, 0.1) is 13.8 Å². The van der Waals surface area contributed by atoms with Crippen molar-refractivity contribution in [2.45, 2.75) is 52.6 Å². The highest BCUT2D eigenvalue weighted by Gasteiger charge is 2.26. The topological polar surface area (TPSA) is 29.9 Å². The molecule has 0 saturated heterocycles. The zero-order chi connectivity index (χ0) is 14.4. The molecular weight excluding hydrogens is 290 g/mol. The summed E-state index contributed by atoms with van der Waals surface area (Å²) in [6.07, 6.45) is 2.27. The van der Waals surface area contributed by atoms with E-state index < -0.39 is 0 Å². The Bertz CT molecular complexity index is 642. The van der Waals surface area contributed by atoms with E-state index in [0.29, 0.717) is 12.1 Å².